The van der Waals surface area contributed by atoms with Crippen LogP contribution in [0.1, 0.15) is 143 Å². The molecule has 0 amide bonds. The molecule has 2 fully saturated rings. The van der Waals surface area contributed by atoms with E-state index in [-0.39, 0.29) is 0 Å². The lowest BCUT2D eigenvalue weighted by molar-refractivity contribution is 0.0833. The predicted octanol–water partition coefficient (Wildman–Crippen LogP) is 9.57. The molecule has 0 aliphatic heterocycles. The van der Waals surface area contributed by atoms with Gasteiger partial charge in [0.15, 0.2) is 0 Å². The smallest absolute Gasteiger partial charge is 0.0357 e. The molecular weight excluding hydrogens is 324 g/mol. The fraction of sp³-hybridized carbons (Fsp3) is 1.00. The van der Waals surface area contributed by atoms with Gasteiger partial charge in [0.1, 0.15) is 0 Å². The summed E-state index contributed by atoms with van der Waals surface area (Å²) in [5.74, 6) is 5.34. The van der Waals surface area contributed by atoms with Crippen molar-refractivity contribution in [1.82, 2.24) is 0 Å². The molecule has 2 aliphatic carbocycles. The molecule has 2 saturated carbocycles. The minimum absolute atomic E-state index is 1.00. The lowest BCUT2D eigenvalue weighted by Gasteiger charge is -2.42. The van der Waals surface area contributed by atoms with Crippen molar-refractivity contribution in [2.24, 2.45) is 29.6 Å². The molecule has 3 atom stereocenters. The fourth-order valence-electron chi connectivity index (χ4n) is 6.43. The summed E-state index contributed by atoms with van der Waals surface area (Å²) in [6.45, 7) is 7.18. The molecule has 0 N–H and O–H groups in total. The van der Waals surface area contributed by atoms with E-state index in [0.717, 1.165) is 29.6 Å². The Morgan fingerprint density at radius 3 is 1.81 bits per heavy atom. The average molecular weight is 377 g/mol. The summed E-state index contributed by atoms with van der Waals surface area (Å²) in [5.41, 5.74) is 0. The number of hydrogen-bond donors (Lipinski definition) is 0. The van der Waals surface area contributed by atoms with Gasteiger partial charge in [-0.15, -0.1) is 0 Å². The summed E-state index contributed by atoms with van der Waals surface area (Å²) in [4.78, 5) is 0. The monoisotopic (exact) mass is 376 g/mol. The van der Waals surface area contributed by atoms with Crippen molar-refractivity contribution >= 4 is 0 Å². The quantitative estimate of drug-likeness (QED) is 0.281. The Hall–Kier alpha value is 0. The standard InChI is InChI=1S/C27H52/c1-4-6-8-10-12-14-24-17-19-25(20-18-24)27-21-16-23(3)22-26(27)15-13-11-9-7-5-2/h23-27H,4-22H2,1-3H3/t23-,24-,25+,26+,27-/m1/s1. The van der Waals surface area contributed by atoms with Crippen LogP contribution in [0.4, 0.5) is 0 Å². The molecule has 0 aromatic rings. The van der Waals surface area contributed by atoms with Gasteiger partial charge in [0, 0.05) is 0 Å². The van der Waals surface area contributed by atoms with Crippen LogP contribution >= 0.6 is 0 Å². The second-order valence-corrected chi connectivity index (χ2v) is 10.5. The summed E-state index contributed by atoms with van der Waals surface area (Å²) in [5, 5.41) is 0. The predicted molar refractivity (Wildman–Crippen MR) is 122 cm³/mol. The van der Waals surface area contributed by atoms with E-state index >= 15 is 0 Å². The van der Waals surface area contributed by atoms with Gasteiger partial charge in [-0.05, 0) is 55.3 Å². The van der Waals surface area contributed by atoms with Crippen molar-refractivity contribution < 1.29 is 0 Å². The maximum atomic E-state index is 2.52. The van der Waals surface area contributed by atoms with Gasteiger partial charge in [0.2, 0.25) is 0 Å². The van der Waals surface area contributed by atoms with Gasteiger partial charge in [0.25, 0.3) is 0 Å². The van der Waals surface area contributed by atoms with Crippen LogP contribution in [0.25, 0.3) is 0 Å². The van der Waals surface area contributed by atoms with Gasteiger partial charge in [-0.2, -0.15) is 0 Å². The third-order valence-electron chi connectivity index (χ3n) is 8.19. The number of hydrogen-bond acceptors (Lipinski definition) is 0. The molecule has 0 aromatic heterocycles. The van der Waals surface area contributed by atoms with Gasteiger partial charge >= 0.3 is 0 Å². The van der Waals surface area contributed by atoms with Crippen LogP contribution in [0, 0.1) is 29.6 Å². The average Bonchev–Trinajstić information content (AvgIpc) is 2.68. The third kappa shape index (κ3) is 8.91. The molecule has 0 bridgehead atoms. The molecule has 160 valence electrons. The first kappa shape index (κ1) is 23.3. The first-order valence-electron chi connectivity index (χ1n) is 13.2. The number of unbranched alkanes of at least 4 members (excludes halogenated alkanes) is 8. The molecule has 2 aliphatic rings. The first-order chi connectivity index (χ1) is 13.2. The van der Waals surface area contributed by atoms with E-state index in [9.17, 15) is 0 Å². The SMILES string of the molecule is CCCCCCC[C@H]1C[C@H](C)CC[C@@H]1[C@H]1CC[C@@H](CCCCCCC)CC1. The van der Waals surface area contributed by atoms with Crippen LogP contribution < -0.4 is 0 Å². The van der Waals surface area contributed by atoms with Crippen molar-refractivity contribution in [3.63, 3.8) is 0 Å². The molecular formula is C27H52. The van der Waals surface area contributed by atoms with Crippen LogP contribution in [-0.2, 0) is 0 Å². The van der Waals surface area contributed by atoms with Crippen molar-refractivity contribution in [2.75, 3.05) is 0 Å². The normalized spacial score (nSPS) is 31.9. The number of rotatable bonds is 13. The molecule has 0 heteroatoms. The molecule has 0 unspecified atom stereocenters. The first-order valence-corrected chi connectivity index (χ1v) is 13.2. The van der Waals surface area contributed by atoms with E-state index < -0.39 is 0 Å². The molecule has 0 aromatic carbocycles. The van der Waals surface area contributed by atoms with E-state index in [1.807, 2.05) is 0 Å². The van der Waals surface area contributed by atoms with Crippen LogP contribution in [0.3, 0.4) is 0 Å². The molecule has 27 heavy (non-hydrogen) atoms. The van der Waals surface area contributed by atoms with Gasteiger partial charge in [0.05, 0.1) is 0 Å². The Balaban J connectivity index is 1.68. The highest BCUT2D eigenvalue weighted by Gasteiger charge is 2.35. The third-order valence-corrected chi connectivity index (χ3v) is 8.19. The summed E-state index contributed by atoms with van der Waals surface area (Å²) in [6, 6.07) is 0. The van der Waals surface area contributed by atoms with Crippen LogP contribution in [0.5, 0.6) is 0 Å². The Labute approximate surface area is 172 Å². The van der Waals surface area contributed by atoms with Gasteiger partial charge in [-0.1, -0.05) is 117 Å². The summed E-state index contributed by atoms with van der Waals surface area (Å²) < 4.78 is 0. The van der Waals surface area contributed by atoms with Crippen molar-refractivity contribution in [1.29, 1.82) is 0 Å². The molecule has 2 rings (SSSR count). The van der Waals surface area contributed by atoms with Crippen LogP contribution in [-0.4, -0.2) is 0 Å². The Kier molecular flexibility index (Phi) is 12.1. The zero-order chi connectivity index (χ0) is 19.3. The van der Waals surface area contributed by atoms with Crippen molar-refractivity contribution in [2.45, 2.75) is 143 Å². The maximum absolute atomic E-state index is 2.52. The highest BCUT2D eigenvalue weighted by Crippen LogP contribution is 2.46. The second-order valence-electron chi connectivity index (χ2n) is 10.5. The highest BCUT2D eigenvalue weighted by molar-refractivity contribution is 4.86. The molecule has 0 radical (unpaired) electrons. The summed E-state index contributed by atoms with van der Waals surface area (Å²) in [6.07, 6.45) is 28.6. The fourth-order valence-corrected chi connectivity index (χ4v) is 6.43. The molecule has 0 saturated heterocycles. The summed E-state index contributed by atoms with van der Waals surface area (Å²) >= 11 is 0. The van der Waals surface area contributed by atoms with Crippen LogP contribution in [0.15, 0.2) is 0 Å². The van der Waals surface area contributed by atoms with E-state index in [1.165, 1.54) is 70.6 Å². The Bertz CT molecular complexity index is 338. The lowest BCUT2D eigenvalue weighted by atomic mass is 9.63. The summed E-state index contributed by atoms with van der Waals surface area (Å²) in [7, 11) is 0. The second kappa shape index (κ2) is 14.1. The maximum Gasteiger partial charge on any atom is -0.0357 e. The van der Waals surface area contributed by atoms with Gasteiger partial charge in [-0.3, -0.25) is 0 Å². The zero-order valence-electron chi connectivity index (χ0n) is 19.3. The van der Waals surface area contributed by atoms with Crippen molar-refractivity contribution in [3.05, 3.63) is 0 Å². The molecule has 0 nitrogen and oxygen atoms in total. The highest BCUT2D eigenvalue weighted by atomic mass is 14.4. The zero-order valence-corrected chi connectivity index (χ0v) is 19.3. The van der Waals surface area contributed by atoms with E-state index in [4.69, 9.17) is 0 Å². The van der Waals surface area contributed by atoms with Gasteiger partial charge < -0.3 is 0 Å². The lowest BCUT2D eigenvalue weighted by Crippen LogP contribution is -2.32. The van der Waals surface area contributed by atoms with Gasteiger partial charge in [-0.25, -0.2) is 0 Å². The Morgan fingerprint density at radius 1 is 0.593 bits per heavy atom. The van der Waals surface area contributed by atoms with Crippen molar-refractivity contribution in [3.8, 4) is 0 Å². The van der Waals surface area contributed by atoms with E-state index in [1.54, 1.807) is 51.4 Å². The minimum atomic E-state index is 1.00. The largest absolute Gasteiger partial charge is 0.0654 e. The van der Waals surface area contributed by atoms with E-state index in [0.29, 0.717) is 0 Å². The molecule has 0 heterocycles. The topological polar surface area (TPSA) is 0 Å². The van der Waals surface area contributed by atoms with Crippen LogP contribution in [0.2, 0.25) is 0 Å². The minimum Gasteiger partial charge on any atom is -0.0654 e. The molecule has 0 spiro atoms. The van der Waals surface area contributed by atoms with E-state index in [2.05, 4.69) is 20.8 Å². The Morgan fingerprint density at radius 2 is 1.19 bits per heavy atom.